The fourth-order valence-corrected chi connectivity index (χ4v) is 3.86. The summed E-state index contributed by atoms with van der Waals surface area (Å²) in [5, 5.41) is 32.3. The Kier molecular flexibility index (Phi) is 6.90. The Morgan fingerprint density at radius 3 is 2.24 bits per heavy atom. The third-order valence-corrected chi connectivity index (χ3v) is 5.31. The molecular formula is C22H15N5O5S. The Balaban J connectivity index is 2.08. The second-order valence-corrected chi connectivity index (χ2v) is 7.83. The number of Topliss-reactive ketones (excluding diaryl/α,β-unsaturated/α-hetero) is 1. The maximum absolute atomic E-state index is 12.9. The summed E-state index contributed by atoms with van der Waals surface area (Å²) in [5.41, 5.74) is 0.814. The normalized spacial score (nSPS) is 11.0. The Labute approximate surface area is 191 Å². The Hall–Kier alpha value is -4.43. The van der Waals surface area contributed by atoms with E-state index < -0.39 is 15.6 Å². The number of nitro groups is 2. The van der Waals surface area contributed by atoms with Crippen LogP contribution in [0.5, 0.6) is 0 Å². The van der Waals surface area contributed by atoms with Gasteiger partial charge in [0, 0.05) is 46.1 Å². The van der Waals surface area contributed by atoms with Crippen molar-refractivity contribution >= 4 is 35.0 Å². The average Bonchev–Trinajstić information content (AvgIpc) is 2.77. The highest BCUT2D eigenvalue weighted by atomic mass is 32.2. The summed E-state index contributed by atoms with van der Waals surface area (Å²) in [7, 11) is 0. The van der Waals surface area contributed by atoms with Crippen LogP contribution in [0, 0.1) is 45.4 Å². The molecule has 0 aliphatic heterocycles. The molecule has 11 heteroatoms. The van der Waals surface area contributed by atoms with Gasteiger partial charge in [0.05, 0.1) is 9.85 Å². The lowest BCUT2D eigenvalue weighted by molar-refractivity contribution is -0.385. The van der Waals surface area contributed by atoms with Crippen LogP contribution in [0.25, 0.3) is 6.08 Å². The van der Waals surface area contributed by atoms with Gasteiger partial charge in [0.1, 0.15) is 11.6 Å². The quantitative estimate of drug-likeness (QED) is 0.120. The molecule has 0 amide bonds. The molecule has 1 heterocycles. The van der Waals surface area contributed by atoms with Gasteiger partial charge in [0.25, 0.3) is 11.4 Å². The minimum absolute atomic E-state index is 0.0470. The zero-order valence-corrected chi connectivity index (χ0v) is 18.2. The number of aryl methyl sites for hydroxylation is 2. The largest absolute Gasteiger partial charge is 0.288 e. The van der Waals surface area contributed by atoms with Crippen molar-refractivity contribution < 1.29 is 14.6 Å². The Bertz CT molecular complexity index is 1340. The molecule has 0 aliphatic carbocycles. The van der Waals surface area contributed by atoms with Gasteiger partial charge in [0.15, 0.2) is 5.16 Å². The van der Waals surface area contributed by atoms with Crippen molar-refractivity contribution in [2.24, 2.45) is 0 Å². The summed E-state index contributed by atoms with van der Waals surface area (Å²) in [6.45, 7) is 3.61. The van der Waals surface area contributed by atoms with Gasteiger partial charge in [-0.25, -0.2) is 9.97 Å². The highest BCUT2D eigenvalue weighted by Gasteiger charge is 2.18. The smallest absolute Gasteiger partial charge is 0.270 e. The fraction of sp³-hybridized carbons (Fsp3) is 0.0909. The standard InChI is InChI=1S/C22H15N5O5S/c1-13-8-14(2)25-22(24-13)33-20-7-6-19(27(31)32)11-16(20)9-17(12-23)21(28)15-4-3-5-18(10-15)26(29)30/h3-11H,1-2H3/b17-9-. The maximum atomic E-state index is 12.9. The first-order chi connectivity index (χ1) is 15.7. The van der Waals surface area contributed by atoms with Gasteiger partial charge in [-0.2, -0.15) is 5.26 Å². The molecule has 0 N–H and O–H groups in total. The number of carbonyl (C=O) groups excluding carboxylic acids is 1. The van der Waals surface area contributed by atoms with Crippen LogP contribution in [0.4, 0.5) is 11.4 Å². The highest BCUT2D eigenvalue weighted by Crippen LogP contribution is 2.33. The molecule has 0 aliphatic rings. The molecule has 0 bridgehead atoms. The van der Waals surface area contributed by atoms with Gasteiger partial charge in [-0.05, 0) is 49.4 Å². The van der Waals surface area contributed by atoms with Crippen LogP contribution in [0.1, 0.15) is 27.3 Å². The van der Waals surface area contributed by atoms with Crippen LogP contribution >= 0.6 is 11.8 Å². The molecule has 33 heavy (non-hydrogen) atoms. The number of allylic oxidation sites excluding steroid dienone is 1. The van der Waals surface area contributed by atoms with Gasteiger partial charge in [-0.15, -0.1) is 0 Å². The number of benzene rings is 2. The SMILES string of the molecule is Cc1cc(C)nc(Sc2ccc([N+](=O)[O-])cc2/C=C(/C#N)C(=O)c2cccc([N+](=O)[O-])c2)n1. The van der Waals surface area contributed by atoms with Crippen LogP contribution in [0.2, 0.25) is 0 Å². The first-order valence-corrected chi connectivity index (χ1v) is 10.2. The van der Waals surface area contributed by atoms with E-state index in [2.05, 4.69) is 9.97 Å². The minimum Gasteiger partial charge on any atom is -0.288 e. The monoisotopic (exact) mass is 461 g/mol. The predicted molar refractivity (Wildman–Crippen MR) is 120 cm³/mol. The molecule has 0 unspecified atom stereocenters. The molecule has 0 fully saturated rings. The topological polar surface area (TPSA) is 153 Å². The summed E-state index contributed by atoms with van der Waals surface area (Å²) < 4.78 is 0. The zero-order valence-electron chi connectivity index (χ0n) is 17.4. The van der Waals surface area contributed by atoms with Crippen LogP contribution in [0.15, 0.2) is 64.2 Å². The number of aromatic nitrogens is 2. The zero-order chi connectivity index (χ0) is 24.1. The van der Waals surface area contributed by atoms with Gasteiger partial charge < -0.3 is 0 Å². The lowest BCUT2D eigenvalue weighted by atomic mass is 10.0. The van der Waals surface area contributed by atoms with Crippen molar-refractivity contribution in [2.45, 2.75) is 23.9 Å². The van der Waals surface area contributed by atoms with Crippen molar-refractivity contribution in [3.05, 3.63) is 96.8 Å². The van der Waals surface area contributed by atoms with Crippen molar-refractivity contribution in [3.8, 4) is 6.07 Å². The van der Waals surface area contributed by atoms with Crippen molar-refractivity contribution in [3.63, 3.8) is 0 Å². The molecule has 0 saturated carbocycles. The number of rotatable bonds is 7. The van der Waals surface area contributed by atoms with E-state index in [0.29, 0.717) is 10.1 Å². The molecule has 0 radical (unpaired) electrons. The van der Waals surface area contributed by atoms with Crippen molar-refractivity contribution in [1.82, 2.24) is 9.97 Å². The van der Waals surface area contributed by atoms with E-state index in [9.17, 15) is 30.3 Å². The summed E-state index contributed by atoms with van der Waals surface area (Å²) in [6.07, 6.45) is 1.22. The van der Waals surface area contributed by atoms with Crippen LogP contribution in [-0.2, 0) is 0 Å². The molecule has 10 nitrogen and oxygen atoms in total. The van der Waals surface area contributed by atoms with Gasteiger partial charge >= 0.3 is 0 Å². The summed E-state index contributed by atoms with van der Waals surface area (Å²) in [6, 6.07) is 12.6. The summed E-state index contributed by atoms with van der Waals surface area (Å²) in [4.78, 5) is 43.1. The highest BCUT2D eigenvalue weighted by molar-refractivity contribution is 7.99. The summed E-state index contributed by atoms with van der Waals surface area (Å²) >= 11 is 1.13. The molecule has 3 rings (SSSR count). The van der Waals surface area contributed by atoms with Crippen LogP contribution < -0.4 is 0 Å². The number of non-ortho nitro benzene ring substituents is 2. The predicted octanol–water partition coefficient (Wildman–Crippen LogP) is 4.85. The van der Waals surface area contributed by atoms with Gasteiger partial charge in [-0.3, -0.25) is 25.0 Å². The van der Waals surface area contributed by atoms with E-state index >= 15 is 0 Å². The number of ketones is 1. The average molecular weight is 461 g/mol. The van der Waals surface area contributed by atoms with Crippen LogP contribution in [0.3, 0.4) is 0 Å². The van der Waals surface area contributed by atoms with E-state index in [-0.39, 0.29) is 28.1 Å². The number of carbonyl (C=O) groups is 1. The number of hydrogen-bond acceptors (Lipinski definition) is 9. The van der Waals surface area contributed by atoms with E-state index in [0.717, 1.165) is 29.2 Å². The van der Waals surface area contributed by atoms with Crippen molar-refractivity contribution in [2.75, 3.05) is 0 Å². The molecule has 2 aromatic carbocycles. The van der Waals surface area contributed by atoms with Gasteiger partial charge in [0.2, 0.25) is 5.78 Å². The van der Waals surface area contributed by atoms with E-state index in [1.165, 1.54) is 42.5 Å². The third kappa shape index (κ3) is 5.63. The molecule has 0 atom stereocenters. The Morgan fingerprint density at radius 1 is 1.00 bits per heavy atom. The van der Waals surface area contributed by atoms with E-state index in [1.807, 2.05) is 0 Å². The van der Waals surface area contributed by atoms with Gasteiger partial charge in [-0.1, -0.05) is 12.1 Å². The Morgan fingerprint density at radius 2 is 1.64 bits per heavy atom. The second-order valence-electron chi connectivity index (χ2n) is 6.82. The maximum Gasteiger partial charge on any atom is 0.270 e. The third-order valence-electron chi connectivity index (χ3n) is 4.35. The van der Waals surface area contributed by atoms with Crippen LogP contribution in [-0.4, -0.2) is 25.6 Å². The molecule has 0 saturated heterocycles. The first kappa shape index (κ1) is 23.2. The van der Waals surface area contributed by atoms with E-state index in [4.69, 9.17) is 0 Å². The molecule has 1 aromatic heterocycles. The molecule has 3 aromatic rings. The molecule has 164 valence electrons. The fourth-order valence-electron chi connectivity index (χ4n) is 2.91. The number of nitrogens with zero attached hydrogens (tertiary/aromatic N) is 5. The second kappa shape index (κ2) is 9.80. The van der Waals surface area contributed by atoms with Crippen molar-refractivity contribution in [1.29, 1.82) is 5.26 Å². The molecular weight excluding hydrogens is 446 g/mol. The number of nitriles is 1. The minimum atomic E-state index is -0.744. The lowest BCUT2D eigenvalue weighted by Crippen LogP contribution is -2.03. The first-order valence-electron chi connectivity index (χ1n) is 9.37. The lowest BCUT2D eigenvalue weighted by Gasteiger charge is -2.07. The number of nitro benzene ring substituents is 2. The van der Waals surface area contributed by atoms with E-state index in [1.54, 1.807) is 26.0 Å². The molecule has 0 spiro atoms. The number of hydrogen-bond donors (Lipinski definition) is 0. The summed E-state index contributed by atoms with van der Waals surface area (Å²) in [5.74, 6) is -0.744.